The number of carbonyl (C=O) groups is 3. The van der Waals surface area contributed by atoms with Crippen LogP contribution in [0.25, 0.3) is 6.08 Å². The Kier molecular flexibility index (Phi) is 6.41. The summed E-state index contributed by atoms with van der Waals surface area (Å²) in [7, 11) is 2.97. The molecule has 0 aromatic heterocycles. The van der Waals surface area contributed by atoms with Crippen LogP contribution >= 0.6 is 15.9 Å². The van der Waals surface area contributed by atoms with Crippen molar-refractivity contribution in [1.29, 1.82) is 0 Å². The summed E-state index contributed by atoms with van der Waals surface area (Å²) >= 11 is 3.37. The van der Waals surface area contributed by atoms with E-state index in [2.05, 4.69) is 26.6 Å². The second-order valence-corrected chi connectivity index (χ2v) is 7.44. The minimum absolute atomic E-state index is 0.0292. The van der Waals surface area contributed by atoms with Gasteiger partial charge >= 0.3 is 6.03 Å². The zero-order valence-corrected chi connectivity index (χ0v) is 18.2. The van der Waals surface area contributed by atoms with Crippen molar-refractivity contribution < 1.29 is 23.9 Å². The van der Waals surface area contributed by atoms with Gasteiger partial charge in [-0.05, 0) is 37.3 Å². The molecule has 0 saturated carbocycles. The van der Waals surface area contributed by atoms with Crippen molar-refractivity contribution in [2.45, 2.75) is 6.92 Å². The van der Waals surface area contributed by atoms with Crippen molar-refractivity contribution >= 4 is 45.5 Å². The second-order valence-electron chi connectivity index (χ2n) is 6.52. The highest BCUT2D eigenvalue weighted by atomic mass is 79.9. The van der Waals surface area contributed by atoms with Crippen LogP contribution in [0.3, 0.4) is 0 Å². The molecule has 8 nitrogen and oxygen atoms in total. The maximum Gasteiger partial charge on any atom is 0.329 e. The molecular weight excluding hydrogens is 454 g/mol. The third kappa shape index (κ3) is 4.62. The first-order valence-corrected chi connectivity index (χ1v) is 9.74. The second kappa shape index (κ2) is 9.00. The van der Waals surface area contributed by atoms with Gasteiger partial charge in [0.1, 0.15) is 12.2 Å². The van der Waals surface area contributed by atoms with Crippen LogP contribution in [0.4, 0.5) is 10.5 Å². The quantitative estimate of drug-likeness (QED) is 0.495. The monoisotopic (exact) mass is 473 g/mol. The number of urea groups is 1. The topological polar surface area (TPSA) is 97.0 Å². The minimum atomic E-state index is -0.675. The Hall–Kier alpha value is -3.33. The fourth-order valence-corrected chi connectivity index (χ4v) is 3.37. The Morgan fingerprint density at radius 3 is 2.50 bits per heavy atom. The van der Waals surface area contributed by atoms with E-state index in [1.165, 1.54) is 20.3 Å². The predicted octanol–water partition coefficient (Wildman–Crippen LogP) is 3.31. The lowest BCUT2D eigenvalue weighted by molar-refractivity contribution is -0.127. The number of nitrogens with zero attached hydrogens (tertiary/aromatic N) is 1. The molecule has 1 aliphatic heterocycles. The van der Waals surface area contributed by atoms with Gasteiger partial charge in [0.2, 0.25) is 5.91 Å². The number of ether oxygens (including phenoxy) is 2. The van der Waals surface area contributed by atoms with Gasteiger partial charge in [-0.3, -0.25) is 9.59 Å². The van der Waals surface area contributed by atoms with Gasteiger partial charge in [0.25, 0.3) is 5.91 Å². The molecule has 30 heavy (non-hydrogen) atoms. The Morgan fingerprint density at radius 2 is 1.87 bits per heavy atom. The first kappa shape index (κ1) is 21.4. The number of benzene rings is 2. The highest BCUT2D eigenvalue weighted by molar-refractivity contribution is 9.10. The number of methoxy groups -OCH3 is 2. The molecule has 9 heteroatoms. The molecule has 2 aromatic carbocycles. The number of aryl methyl sites for hydroxylation is 1. The van der Waals surface area contributed by atoms with Crippen molar-refractivity contribution in [3.63, 3.8) is 0 Å². The number of nitrogens with one attached hydrogen (secondary N) is 2. The van der Waals surface area contributed by atoms with Gasteiger partial charge in [-0.25, -0.2) is 9.69 Å². The molecule has 0 aliphatic carbocycles. The Balaban J connectivity index is 1.78. The standard InChI is InChI=1S/C21H20BrN3O5/c1-12-4-6-15(7-5-12)23-18(26)11-25-20(27)16(24-21(25)28)9-13-8-14(22)10-17(29-2)19(13)30-3/h4-10H,11H2,1-3H3,(H,23,26)(H,24,28)/b16-9-. The number of halogens is 1. The van der Waals surface area contributed by atoms with Crippen molar-refractivity contribution in [1.82, 2.24) is 10.2 Å². The maximum absolute atomic E-state index is 12.7. The van der Waals surface area contributed by atoms with Crippen LogP contribution in [0, 0.1) is 6.92 Å². The largest absolute Gasteiger partial charge is 0.493 e. The smallest absolute Gasteiger partial charge is 0.329 e. The van der Waals surface area contributed by atoms with E-state index in [-0.39, 0.29) is 5.70 Å². The van der Waals surface area contributed by atoms with Gasteiger partial charge in [0.05, 0.1) is 14.2 Å². The Labute approximate surface area is 182 Å². The van der Waals surface area contributed by atoms with Gasteiger partial charge in [-0.1, -0.05) is 33.6 Å². The Morgan fingerprint density at radius 1 is 1.17 bits per heavy atom. The molecule has 1 heterocycles. The summed E-state index contributed by atoms with van der Waals surface area (Å²) < 4.78 is 11.4. The number of rotatable bonds is 6. The van der Waals surface area contributed by atoms with E-state index < -0.39 is 24.4 Å². The average molecular weight is 474 g/mol. The maximum atomic E-state index is 12.7. The number of anilines is 1. The van der Waals surface area contributed by atoms with Crippen molar-refractivity contribution in [2.24, 2.45) is 0 Å². The van der Waals surface area contributed by atoms with Crippen molar-refractivity contribution in [2.75, 3.05) is 26.1 Å². The molecule has 156 valence electrons. The highest BCUT2D eigenvalue weighted by Gasteiger charge is 2.35. The molecule has 2 aromatic rings. The summed E-state index contributed by atoms with van der Waals surface area (Å²) in [6.07, 6.45) is 1.48. The molecule has 2 N–H and O–H groups in total. The summed E-state index contributed by atoms with van der Waals surface area (Å²) in [5, 5.41) is 5.16. The zero-order chi connectivity index (χ0) is 21.8. The fourth-order valence-electron chi connectivity index (χ4n) is 2.92. The number of carbonyl (C=O) groups excluding carboxylic acids is 3. The number of hydrogen-bond acceptors (Lipinski definition) is 5. The van der Waals surface area contributed by atoms with Crippen LogP contribution in [0.1, 0.15) is 11.1 Å². The lowest BCUT2D eigenvalue weighted by atomic mass is 10.1. The van der Waals surface area contributed by atoms with Crippen LogP contribution in [0.5, 0.6) is 11.5 Å². The normalized spacial score (nSPS) is 14.7. The van der Waals surface area contributed by atoms with E-state index >= 15 is 0 Å². The van der Waals surface area contributed by atoms with Crippen LogP contribution in [0.15, 0.2) is 46.6 Å². The molecule has 0 unspecified atom stereocenters. The highest BCUT2D eigenvalue weighted by Crippen LogP contribution is 2.36. The van der Waals surface area contributed by atoms with Gasteiger partial charge in [0, 0.05) is 15.7 Å². The SMILES string of the molecule is COc1cc(Br)cc(/C=C2\NC(=O)N(CC(=O)Nc3ccc(C)cc3)C2=O)c1OC. The van der Waals surface area contributed by atoms with E-state index in [1.807, 2.05) is 19.1 Å². The summed E-state index contributed by atoms with van der Waals surface area (Å²) in [5.41, 5.74) is 2.19. The lowest BCUT2D eigenvalue weighted by Gasteiger charge is -2.12. The van der Waals surface area contributed by atoms with E-state index in [4.69, 9.17) is 9.47 Å². The summed E-state index contributed by atoms with van der Waals surface area (Å²) in [4.78, 5) is 38.1. The first-order valence-electron chi connectivity index (χ1n) is 8.95. The van der Waals surface area contributed by atoms with Crippen LogP contribution in [-0.4, -0.2) is 43.5 Å². The molecule has 3 rings (SSSR count). The van der Waals surface area contributed by atoms with Crippen LogP contribution in [0.2, 0.25) is 0 Å². The van der Waals surface area contributed by atoms with Gasteiger partial charge in [0.15, 0.2) is 11.5 Å². The van der Waals surface area contributed by atoms with E-state index in [1.54, 1.807) is 24.3 Å². The van der Waals surface area contributed by atoms with E-state index in [9.17, 15) is 14.4 Å². The van der Waals surface area contributed by atoms with Crippen molar-refractivity contribution in [3.05, 3.63) is 57.7 Å². The Bertz CT molecular complexity index is 1030. The number of hydrogen-bond donors (Lipinski definition) is 2. The van der Waals surface area contributed by atoms with Crippen LogP contribution in [-0.2, 0) is 9.59 Å². The lowest BCUT2D eigenvalue weighted by Crippen LogP contribution is -2.38. The fraction of sp³-hybridized carbons (Fsp3) is 0.190. The molecule has 0 bridgehead atoms. The molecular formula is C21H20BrN3O5. The van der Waals surface area contributed by atoms with Gasteiger partial charge in [-0.2, -0.15) is 0 Å². The summed E-state index contributed by atoms with van der Waals surface area (Å²) in [5.74, 6) is -0.221. The minimum Gasteiger partial charge on any atom is -0.493 e. The molecule has 4 amide bonds. The summed E-state index contributed by atoms with van der Waals surface area (Å²) in [6, 6.07) is 9.96. The molecule has 1 aliphatic rings. The van der Waals surface area contributed by atoms with Crippen LogP contribution < -0.4 is 20.1 Å². The van der Waals surface area contributed by atoms with Gasteiger partial charge < -0.3 is 20.1 Å². The first-order chi connectivity index (χ1) is 14.3. The van der Waals surface area contributed by atoms with E-state index in [0.717, 1.165) is 10.5 Å². The molecule has 0 spiro atoms. The zero-order valence-electron chi connectivity index (χ0n) is 16.6. The van der Waals surface area contributed by atoms with Crippen molar-refractivity contribution in [3.8, 4) is 11.5 Å². The third-order valence-corrected chi connectivity index (χ3v) is 4.83. The number of imide groups is 1. The van der Waals surface area contributed by atoms with Gasteiger partial charge in [-0.15, -0.1) is 0 Å². The predicted molar refractivity (Wildman–Crippen MR) is 115 cm³/mol. The number of amides is 4. The third-order valence-electron chi connectivity index (χ3n) is 4.37. The molecule has 1 fully saturated rings. The molecule has 1 saturated heterocycles. The average Bonchev–Trinajstić information content (AvgIpc) is 2.96. The van der Waals surface area contributed by atoms with E-state index in [0.29, 0.717) is 27.2 Å². The molecule has 0 radical (unpaired) electrons. The molecule has 0 atom stereocenters. The summed E-state index contributed by atoms with van der Waals surface area (Å²) in [6.45, 7) is 1.53.